The molecule has 0 aliphatic rings. The Bertz CT molecular complexity index is 1180. The molecule has 0 spiro atoms. The van der Waals surface area contributed by atoms with Gasteiger partial charge in [-0.05, 0) is 47.5 Å². The Kier molecular flexibility index (Phi) is 5.39. The second kappa shape index (κ2) is 8.29. The summed E-state index contributed by atoms with van der Waals surface area (Å²) in [6.45, 7) is 0. The summed E-state index contributed by atoms with van der Waals surface area (Å²) in [7, 11) is 4.83. The lowest BCUT2D eigenvalue weighted by Crippen LogP contribution is -2.11. The minimum atomic E-state index is -0.512. The number of nitrogens with zero attached hydrogens (tertiary/aromatic N) is 2. The molecule has 0 saturated carbocycles. The fourth-order valence-electron chi connectivity index (χ4n) is 3.63. The van der Waals surface area contributed by atoms with E-state index in [1.54, 1.807) is 27.5 Å². The van der Waals surface area contributed by atoms with E-state index in [4.69, 9.17) is 14.2 Å². The van der Waals surface area contributed by atoms with Crippen molar-refractivity contribution in [2.24, 2.45) is 0 Å². The van der Waals surface area contributed by atoms with E-state index in [0.717, 1.165) is 39.8 Å². The number of fused-ring (bicyclic) bond motifs is 1. The Morgan fingerprint density at radius 1 is 0.933 bits per heavy atom. The molecule has 0 fully saturated rings. The SMILES string of the molecule is COc1ccc(C(C=O)n2cc(-c3ccc(OC)c(OC)c3)c3cccnc32)cc1. The van der Waals surface area contributed by atoms with Gasteiger partial charge in [0.25, 0.3) is 0 Å². The van der Waals surface area contributed by atoms with Gasteiger partial charge in [0.2, 0.25) is 0 Å². The van der Waals surface area contributed by atoms with Gasteiger partial charge in [0, 0.05) is 23.3 Å². The highest BCUT2D eigenvalue weighted by molar-refractivity contribution is 5.95. The topological polar surface area (TPSA) is 62.6 Å². The van der Waals surface area contributed by atoms with Crippen molar-refractivity contribution in [1.82, 2.24) is 9.55 Å². The third kappa shape index (κ3) is 3.37. The van der Waals surface area contributed by atoms with Gasteiger partial charge in [0.15, 0.2) is 11.5 Å². The van der Waals surface area contributed by atoms with Crippen molar-refractivity contribution in [2.75, 3.05) is 21.3 Å². The zero-order valence-corrected chi connectivity index (χ0v) is 17.0. The number of hydrogen-bond donors (Lipinski definition) is 0. The van der Waals surface area contributed by atoms with Crippen molar-refractivity contribution in [3.05, 3.63) is 72.6 Å². The number of pyridine rings is 1. The van der Waals surface area contributed by atoms with E-state index in [-0.39, 0.29) is 0 Å². The standard InChI is InChI=1S/C24H22N2O4/c1-28-18-9-6-16(7-10-18)21(15-27)26-14-20(19-5-4-12-25-24(19)26)17-8-11-22(29-2)23(13-17)30-3/h4-15,21H,1-3H3. The van der Waals surface area contributed by atoms with Crippen molar-refractivity contribution in [1.29, 1.82) is 0 Å². The Hall–Kier alpha value is -3.80. The normalized spacial score (nSPS) is 11.8. The molecule has 1 atom stereocenters. The number of hydrogen-bond acceptors (Lipinski definition) is 5. The van der Waals surface area contributed by atoms with Gasteiger partial charge in [-0.1, -0.05) is 18.2 Å². The molecule has 0 bridgehead atoms. The van der Waals surface area contributed by atoms with Crippen LogP contribution >= 0.6 is 0 Å². The van der Waals surface area contributed by atoms with Gasteiger partial charge in [-0.25, -0.2) is 4.98 Å². The zero-order chi connectivity index (χ0) is 21.1. The van der Waals surface area contributed by atoms with Crippen molar-refractivity contribution in [2.45, 2.75) is 6.04 Å². The van der Waals surface area contributed by atoms with Gasteiger partial charge in [-0.2, -0.15) is 0 Å². The molecular weight excluding hydrogens is 380 g/mol. The van der Waals surface area contributed by atoms with Crippen LogP contribution in [0.2, 0.25) is 0 Å². The lowest BCUT2D eigenvalue weighted by molar-refractivity contribution is -0.109. The molecule has 0 saturated heterocycles. The highest BCUT2D eigenvalue weighted by atomic mass is 16.5. The van der Waals surface area contributed by atoms with Crippen molar-refractivity contribution in [3.8, 4) is 28.4 Å². The van der Waals surface area contributed by atoms with Crippen LogP contribution in [0.15, 0.2) is 67.0 Å². The molecule has 6 nitrogen and oxygen atoms in total. The largest absolute Gasteiger partial charge is 0.497 e. The summed E-state index contributed by atoms with van der Waals surface area (Å²) in [5, 5.41) is 0.949. The molecule has 0 radical (unpaired) electrons. The van der Waals surface area contributed by atoms with Crippen LogP contribution in [0.1, 0.15) is 11.6 Å². The lowest BCUT2D eigenvalue weighted by atomic mass is 10.1. The molecule has 2 aromatic heterocycles. The summed E-state index contributed by atoms with van der Waals surface area (Å²) < 4.78 is 17.9. The maximum Gasteiger partial charge on any atom is 0.161 e. The maximum atomic E-state index is 12.1. The molecule has 2 heterocycles. The number of aldehydes is 1. The third-order valence-corrected chi connectivity index (χ3v) is 5.17. The molecule has 152 valence electrons. The van der Waals surface area contributed by atoms with Crippen LogP contribution in [-0.4, -0.2) is 37.2 Å². The van der Waals surface area contributed by atoms with E-state index in [1.807, 2.05) is 65.4 Å². The molecular formula is C24H22N2O4. The van der Waals surface area contributed by atoms with Gasteiger partial charge >= 0.3 is 0 Å². The van der Waals surface area contributed by atoms with E-state index in [0.29, 0.717) is 11.5 Å². The number of rotatable bonds is 7. The number of carbonyl (C=O) groups is 1. The van der Waals surface area contributed by atoms with Crippen LogP contribution in [0.4, 0.5) is 0 Å². The minimum absolute atomic E-state index is 0.512. The predicted molar refractivity (Wildman–Crippen MR) is 115 cm³/mol. The number of aromatic nitrogens is 2. The fraction of sp³-hybridized carbons (Fsp3) is 0.167. The molecule has 0 N–H and O–H groups in total. The third-order valence-electron chi connectivity index (χ3n) is 5.17. The summed E-state index contributed by atoms with van der Waals surface area (Å²) in [6, 6.07) is 16.6. The summed E-state index contributed by atoms with van der Waals surface area (Å²) in [4.78, 5) is 16.7. The van der Waals surface area contributed by atoms with Crippen LogP contribution in [0.5, 0.6) is 17.2 Å². The van der Waals surface area contributed by atoms with Gasteiger partial charge in [0.1, 0.15) is 23.7 Å². The summed E-state index contributed by atoms with van der Waals surface area (Å²) in [5.41, 5.74) is 3.49. The number of methoxy groups -OCH3 is 3. The molecule has 6 heteroatoms. The van der Waals surface area contributed by atoms with Crippen LogP contribution in [0, 0.1) is 0 Å². The van der Waals surface area contributed by atoms with Crippen molar-refractivity contribution in [3.63, 3.8) is 0 Å². The van der Waals surface area contributed by atoms with Gasteiger partial charge in [-0.3, -0.25) is 0 Å². The van der Waals surface area contributed by atoms with Gasteiger partial charge in [0.05, 0.1) is 21.3 Å². The minimum Gasteiger partial charge on any atom is -0.497 e. The van der Waals surface area contributed by atoms with E-state index in [1.165, 1.54) is 0 Å². The molecule has 30 heavy (non-hydrogen) atoms. The summed E-state index contributed by atoms with van der Waals surface area (Å²) in [6.07, 6.45) is 4.61. The van der Waals surface area contributed by atoms with Crippen molar-refractivity contribution < 1.29 is 19.0 Å². The van der Waals surface area contributed by atoms with Gasteiger partial charge < -0.3 is 23.6 Å². The van der Waals surface area contributed by atoms with Crippen LogP contribution in [-0.2, 0) is 4.79 Å². The summed E-state index contributed by atoms with van der Waals surface area (Å²) >= 11 is 0. The Morgan fingerprint density at radius 3 is 2.37 bits per heavy atom. The van der Waals surface area contributed by atoms with E-state index < -0.39 is 6.04 Å². The van der Waals surface area contributed by atoms with Gasteiger partial charge in [-0.15, -0.1) is 0 Å². The molecule has 4 rings (SSSR count). The fourth-order valence-corrected chi connectivity index (χ4v) is 3.63. The average Bonchev–Trinajstić information content (AvgIpc) is 3.19. The second-order valence-electron chi connectivity index (χ2n) is 6.75. The molecule has 1 unspecified atom stereocenters. The molecule has 0 aliphatic carbocycles. The second-order valence-corrected chi connectivity index (χ2v) is 6.75. The number of ether oxygens (including phenoxy) is 3. The predicted octanol–water partition coefficient (Wildman–Crippen LogP) is 4.52. The monoisotopic (exact) mass is 402 g/mol. The first kappa shape index (κ1) is 19.5. The van der Waals surface area contributed by atoms with E-state index in [9.17, 15) is 4.79 Å². The number of benzene rings is 2. The molecule has 4 aromatic rings. The van der Waals surface area contributed by atoms with Crippen molar-refractivity contribution >= 4 is 17.3 Å². The van der Waals surface area contributed by atoms with E-state index >= 15 is 0 Å². The summed E-state index contributed by atoms with van der Waals surface area (Å²) in [5.74, 6) is 2.04. The maximum absolute atomic E-state index is 12.1. The Morgan fingerprint density at radius 2 is 1.70 bits per heavy atom. The quantitative estimate of drug-likeness (QED) is 0.426. The number of carbonyl (C=O) groups excluding carboxylic acids is 1. The highest BCUT2D eigenvalue weighted by Gasteiger charge is 2.20. The first-order chi connectivity index (χ1) is 14.7. The first-order valence-corrected chi connectivity index (χ1v) is 9.47. The van der Waals surface area contributed by atoms with Crippen LogP contribution < -0.4 is 14.2 Å². The Balaban J connectivity index is 1.87. The Labute approximate surface area is 174 Å². The molecule has 2 aromatic carbocycles. The smallest absolute Gasteiger partial charge is 0.161 e. The van der Waals surface area contributed by atoms with Crippen LogP contribution in [0.25, 0.3) is 22.2 Å². The lowest BCUT2D eigenvalue weighted by Gasteiger charge is -2.14. The first-order valence-electron chi connectivity index (χ1n) is 9.47. The van der Waals surface area contributed by atoms with E-state index in [2.05, 4.69) is 4.98 Å². The average molecular weight is 402 g/mol. The van der Waals surface area contributed by atoms with Crippen LogP contribution in [0.3, 0.4) is 0 Å². The highest BCUT2D eigenvalue weighted by Crippen LogP contribution is 2.37. The molecule has 0 aliphatic heterocycles. The molecule has 0 amide bonds. The zero-order valence-electron chi connectivity index (χ0n) is 17.0.